The molecule has 0 radical (unpaired) electrons. The molecule has 1 saturated heterocycles. The fraction of sp³-hybridized carbons (Fsp3) is 0.429. The van der Waals surface area contributed by atoms with Crippen LogP contribution < -0.4 is 5.32 Å². The van der Waals surface area contributed by atoms with E-state index in [1.54, 1.807) is 18.3 Å². The van der Waals surface area contributed by atoms with Gasteiger partial charge in [0.05, 0.1) is 9.70 Å². The molecular formula is C14H16BrN3O3S3. The van der Waals surface area contributed by atoms with Crippen molar-refractivity contribution in [1.29, 1.82) is 0 Å². The Morgan fingerprint density at radius 3 is 2.83 bits per heavy atom. The van der Waals surface area contributed by atoms with Gasteiger partial charge in [0.25, 0.3) is 10.0 Å². The maximum absolute atomic E-state index is 12.7. The van der Waals surface area contributed by atoms with Gasteiger partial charge in [-0.15, -0.1) is 22.7 Å². The summed E-state index contributed by atoms with van der Waals surface area (Å²) in [5.41, 5.74) is 0. The number of rotatable bonds is 4. The zero-order valence-corrected chi connectivity index (χ0v) is 16.9. The highest BCUT2D eigenvalue weighted by molar-refractivity contribution is 9.11. The van der Waals surface area contributed by atoms with E-state index in [0.717, 1.165) is 8.66 Å². The largest absolute Gasteiger partial charge is 0.302 e. The van der Waals surface area contributed by atoms with E-state index >= 15 is 0 Å². The molecule has 2 aromatic heterocycles. The maximum atomic E-state index is 12.7. The molecule has 1 fully saturated rings. The van der Waals surface area contributed by atoms with Crippen molar-refractivity contribution in [2.24, 2.45) is 5.92 Å². The van der Waals surface area contributed by atoms with Crippen LogP contribution >= 0.6 is 38.6 Å². The average Bonchev–Trinajstić information content (AvgIpc) is 3.16. The molecule has 1 amide bonds. The van der Waals surface area contributed by atoms with E-state index in [2.05, 4.69) is 26.2 Å². The summed E-state index contributed by atoms with van der Waals surface area (Å²) in [7, 11) is -3.55. The van der Waals surface area contributed by atoms with Crippen LogP contribution in [0.4, 0.5) is 5.13 Å². The molecule has 0 spiro atoms. The van der Waals surface area contributed by atoms with Crippen molar-refractivity contribution < 1.29 is 13.2 Å². The zero-order chi connectivity index (χ0) is 17.3. The van der Waals surface area contributed by atoms with Gasteiger partial charge in [-0.2, -0.15) is 4.31 Å². The number of halogens is 1. The molecule has 0 unspecified atom stereocenters. The van der Waals surface area contributed by atoms with E-state index < -0.39 is 10.0 Å². The predicted octanol–water partition coefficient (Wildman–Crippen LogP) is 3.31. The van der Waals surface area contributed by atoms with Crippen molar-refractivity contribution >= 4 is 59.7 Å². The van der Waals surface area contributed by atoms with Crippen molar-refractivity contribution in [3.05, 3.63) is 27.0 Å². The standard InChI is InChI=1S/C14H16BrN3O3S3/c1-9-7-16-14(22-9)17-13(19)10-3-2-6-18(8-10)24(20,21)12-5-4-11(15)23-12/h4-5,7,10H,2-3,6,8H2,1H3,(H,16,17,19)/t10-/m0/s1. The molecule has 130 valence electrons. The van der Waals surface area contributed by atoms with Gasteiger partial charge in [-0.25, -0.2) is 13.4 Å². The second-order valence-electron chi connectivity index (χ2n) is 5.53. The molecule has 1 atom stereocenters. The molecule has 1 aliphatic rings. The molecule has 0 bridgehead atoms. The summed E-state index contributed by atoms with van der Waals surface area (Å²) in [4.78, 5) is 17.6. The van der Waals surface area contributed by atoms with Gasteiger partial charge >= 0.3 is 0 Å². The van der Waals surface area contributed by atoms with Crippen LogP contribution in [0.1, 0.15) is 17.7 Å². The van der Waals surface area contributed by atoms with Crippen LogP contribution in [0.25, 0.3) is 0 Å². The molecule has 0 aliphatic carbocycles. The number of hydrogen-bond donors (Lipinski definition) is 1. The van der Waals surface area contributed by atoms with Crippen molar-refractivity contribution in [2.75, 3.05) is 18.4 Å². The molecule has 10 heteroatoms. The van der Waals surface area contributed by atoms with E-state index in [0.29, 0.717) is 28.7 Å². The maximum Gasteiger partial charge on any atom is 0.252 e. The number of sulfonamides is 1. The number of thiazole rings is 1. The predicted molar refractivity (Wildman–Crippen MR) is 99.0 cm³/mol. The number of piperidine rings is 1. The summed E-state index contributed by atoms with van der Waals surface area (Å²) in [5, 5.41) is 3.35. The van der Waals surface area contributed by atoms with Crippen LogP contribution in [-0.2, 0) is 14.8 Å². The Labute approximate surface area is 157 Å². The van der Waals surface area contributed by atoms with E-state index in [1.807, 2.05) is 6.92 Å². The number of nitrogens with one attached hydrogen (secondary N) is 1. The number of hydrogen-bond acceptors (Lipinski definition) is 6. The number of carbonyl (C=O) groups is 1. The second-order valence-corrected chi connectivity index (χ2v) is 11.4. The summed E-state index contributed by atoms with van der Waals surface area (Å²) in [6.07, 6.45) is 3.05. The number of amides is 1. The first-order valence-electron chi connectivity index (χ1n) is 7.35. The van der Waals surface area contributed by atoms with Crippen LogP contribution in [0.3, 0.4) is 0 Å². The minimum atomic E-state index is -3.55. The summed E-state index contributed by atoms with van der Waals surface area (Å²) in [6, 6.07) is 3.31. The third kappa shape index (κ3) is 3.88. The van der Waals surface area contributed by atoms with E-state index in [4.69, 9.17) is 0 Å². The molecule has 0 aromatic carbocycles. The van der Waals surface area contributed by atoms with E-state index in [-0.39, 0.29) is 18.4 Å². The summed E-state index contributed by atoms with van der Waals surface area (Å²) in [6.45, 7) is 2.56. The first-order valence-corrected chi connectivity index (χ1v) is 11.2. The highest BCUT2D eigenvalue weighted by Gasteiger charge is 2.34. The summed E-state index contributed by atoms with van der Waals surface area (Å²) >= 11 is 5.88. The van der Waals surface area contributed by atoms with Crippen LogP contribution in [0.2, 0.25) is 0 Å². The minimum Gasteiger partial charge on any atom is -0.302 e. The molecular weight excluding hydrogens is 434 g/mol. The lowest BCUT2D eigenvalue weighted by Crippen LogP contribution is -2.43. The monoisotopic (exact) mass is 449 g/mol. The van der Waals surface area contributed by atoms with E-state index in [9.17, 15) is 13.2 Å². The van der Waals surface area contributed by atoms with Gasteiger partial charge in [0.1, 0.15) is 4.21 Å². The fourth-order valence-electron chi connectivity index (χ4n) is 2.56. The zero-order valence-electron chi connectivity index (χ0n) is 12.9. The van der Waals surface area contributed by atoms with E-state index in [1.165, 1.54) is 27.0 Å². The third-order valence-electron chi connectivity index (χ3n) is 3.75. The molecule has 1 aliphatic heterocycles. The molecule has 3 heterocycles. The van der Waals surface area contributed by atoms with Crippen molar-refractivity contribution in [3.8, 4) is 0 Å². The van der Waals surface area contributed by atoms with Gasteiger partial charge < -0.3 is 5.32 Å². The first kappa shape index (κ1) is 18.0. The van der Waals surface area contributed by atoms with Gasteiger partial charge in [-0.05, 0) is 47.8 Å². The number of anilines is 1. The average molecular weight is 450 g/mol. The quantitative estimate of drug-likeness (QED) is 0.775. The Bertz CT molecular complexity index is 846. The SMILES string of the molecule is Cc1cnc(NC(=O)[C@H]2CCCN(S(=O)(=O)c3ccc(Br)s3)C2)s1. The topological polar surface area (TPSA) is 79.4 Å². The van der Waals surface area contributed by atoms with Crippen molar-refractivity contribution in [2.45, 2.75) is 24.0 Å². The molecule has 2 aromatic rings. The molecule has 0 saturated carbocycles. The lowest BCUT2D eigenvalue weighted by atomic mass is 9.99. The Hall–Kier alpha value is -0.810. The number of thiophene rings is 1. The van der Waals surface area contributed by atoms with Gasteiger partial charge in [0, 0.05) is 24.2 Å². The van der Waals surface area contributed by atoms with Crippen molar-refractivity contribution in [3.63, 3.8) is 0 Å². The smallest absolute Gasteiger partial charge is 0.252 e. The first-order chi connectivity index (χ1) is 11.4. The van der Waals surface area contributed by atoms with Crippen LogP contribution in [0.5, 0.6) is 0 Å². The number of carbonyl (C=O) groups excluding carboxylic acids is 1. The Morgan fingerprint density at radius 2 is 2.21 bits per heavy atom. The minimum absolute atomic E-state index is 0.170. The van der Waals surface area contributed by atoms with Crippen LogP contribution in [0, 0.1) is 12.8 Å². The second kappa shape index (κ2) is 7.20. The van der Waals surface area contributed by atoms with Crippen molar-refractivity contribution in [1.82, 2.24) is 9.29 Å². The molecule has 3 rings (SSSR count). The Balaban J connectivity index is 1.71. The highest BCUT2D eigenvalue weighted by atomic mass is 79.9. The molecule has 1 N–H and O–H groups in total. The number of aryl methyl sites for hydroxylation is 1. The molecule has 6 nitrogen and oxygen atoms in total. The summed E-state index contributed by atoms with van der Waals surface area (Å²) in [5.74, 6) is -0.530. The normalized spacial score (nSPS) is 19.3. The highest BCUT2D eigenvalue weighted by Crippen LogP contribution is 2.31. The Morgan fingerprint density at radius 1 is 1.42 bits per heavy atom. The third-order valence-corrected chi connectivity index (χ3v) is 8.53. The fourth-order valence-corrected chi connectivity index (χ4v) is 6.91. The Kier molecular flexibility index (Phi) is 5.40. The van der Waals surface area contributed by atoms with Crippen LogP contribution in [0.15, 0.2) is 26.3 Å². The lowest BCUT2D eigenvalue weighted by Gasteiger charge is -2.30. The number of nitrogens with zero attached hydrogens (tertiary/aromatic N) is 2. The van der Waals surface area contributed by atoms with Gasteiger partial charge in [-0.3, -0.25) is 4.79 Å². The summed E-state index contributed by atoms with van der Waals surface area (Å²) < 4.78 is 27.9. The molecule has 24 heavy (non-hydrogen) atoms. The lowest BCUT2D eigenvalue weighted by molar-refractivity contribution is -0.120. The van der Waals surface area contributed by atoms with Gasteiger partial charge in [0.15, 0.2) is 5.13 Å². The number of aromatic nitrogens is 1. The van der Waals surface area contributed by atoms with Crippen LogP contribution in [-0.4, -0.2) is 36.7 Å². The van der Waals surface area contributed by atoms with Gasteiger partial charge in [-0.1, -0.05) is 0 Å². The van der Waals surface area contributed by atoms with Gasteiger partial charge in [0.2, 0.25) is 5.91 Å².